The summed E-state index contributed by atoms with van der Waals surface area (Å²) in [5.74, 6) is 1.34. The molecule has 2 aromatic rings. The lowest BCUT2D eigenvalue weighted by Gasteiger charge is -2.17. The molecule has 6 heteroatoms. The third kappa shape index (κ3) is 4.31. The number of carbonyl (C=O) groups excluding carboxylic acids is 1. The number of furan rings is 1. The summed E-state index contributed by atoms with van der Waals surface area (Å²) in [4.78, 5) is 12.7. The van der Waals surface area contributed by atoms with Gasteiger partial charge in [-0.05, 0) is 37.8 Å². The van der Waals surface area contributed by atoms with Crippen LogP contribution in [0, 0.1) is 5.92 Å². The van der Waals surface area contributed by atoms with E-state index in [9.17, 15) is 9.90 Å². The van der Waals surface area contributed by atoms with E-state index in [0.29, 0.717) is 29.6 Å². The molecule has 0 saturated heterocycles. The molecule has 0 bridgehead atoms. The molecule has 2 atom stereocenters. The van der Waals surface area contributed by atoms with Gasteiger partial charge in [0.1, 0.15) is 11.9 Å². The summed E-state index contributed by atoms with van der Waals surface area (Å²) in [6.45, 7) is 7.01. The van der Waals surface area contributed by atoms with Crippen molar-refractivity contribution in [3.05, 3.63) is 41.6 Å². The first kappa shape index (κ1) is 17.7. The highest BCUT2D eigenvalue weighted by Crippen LogP contribution is 2.41. The lowest BCUT2D eigenvalue weighted by Crippen LogP contribution is -2.34. The zero-order valence-electron chi connectivity index (χ0n) is 15.1. The third-order valence-corrected chi connectivity index (χ3v) is 4.45. The van der Waals surface area contributed by atoms with Crippen molar-refractivity contribution in [1.82, 2.24) is 15.1 Å². The molecule has 0 aliphatic heterocycles. The quantitative estimate of drug-likeness (QED) is 0.769. The van der Waals surface area contributed by atoms with Gasteiger partial charge < -0.3 is 14.8 Å². The second kappa shape index (κ2) is 7.44. The zero-order chi connectivity index (χ0) is 18.0. The van der Waals surface area contributed by atoms with E-state index < -0.39 is 6.10 Å². The van der Waals surface area contributed by atoms with Crippen molar-refractivity contribution >= 4 is 5.91 Å². The van der Waals surface area contributed by atoms with Crippen LogP contribution in [0.15, 0.2) is 29.0 Å². The van der Waals surface area contributed by atoms with Crippen LogP contribution in [0.4, 0.5) is 0 Å². The van der Waals surface area contributed by atoms with Crippen LogP contribution in [0.5, 0.6) is 0 Å². The van der Waals surface area contributed by atoms with Crippen LogP contribution in [-0.4, -0.2) is 26.8 Å². The van der Waals surface area contributed by atoms with Gasteiger partial charge in [-0.15, -0.1) is 0 Å². The Bertz CT molecular complexity index is 702. The van der Waals surface area contributed by atoms with Crippen molar-refractivity contribution in [3.8, 4) is 0 Å². The summed E-state index contributed by atoms with van der Waals surface area (Å²) in [5, 5.41) is 17.6. The number of aliphatic hydroxyl groups is 1. The predicted molar refractivity (Wildman–Crippen MR) is 94.3 cm³/mol. The van der Waals surface area contributed by atoms with Gasteiger partial charge in [-0.25, -0.2) is 0 Å². The number of nitrogens with zero attached hydrogens (tertiary/aromatic N) is 2. The normalized spacial score (nSPS) is 16.8. The summed E-state index contributed by atoms with van der Waals surface area (Å²) < 4.78 is 7.19. The zero-order valence-corrected chi connectivity index (χ0v) is 15.1. The molecule has 0 aromatic carbocycles. The molecular formula is C19H27N3O3. The predicted octanol–water partition coefficient (Wildman–Crippen LogP) is 3.25. The Kier molecular flexibility index (Phi) is 5.27. The molecular weight excluding hydrogens is 318 g/mol. The molecule has 1 aliphatic carbocycles. The molecule has 2 unspecified atom stereocenters. The van der Waals surface area contributed by atoms with Crippen LogP contribution >= 0.6 is 0 Å². The van der Waals surface area contributed by atoms with E-state index in [1.165, 1.54) is 6.26 Å². The van der Waals surface area contributed by atoms with E-state index in [1.807, 2.05) is 11.6 Å². The molecule has 0 spiro atoms. The van der Waals surface area contributed by atoms with Crippen molar-refractivity contribution in [1.29, 1.82) is 0 Å². The van der Waals surface area contributed by atoms with Gasteiger partial charge in [0.2, 0.25) is 0 Å². The van der Waals surface area contributed by atoms with E-state index in [1.54, 1.807) is 18.3 Å². The number of aromatic nitrogens is 2. The lowest BCUT2D eigenvalue weighted by atomic mass is 10.1. The Morgan fingerprint density at radius 2 is 2.20 bits per heavy atom. The number of hydrogen-bond acceptors (Lipinski definition) is 4. The van der Waals surface area contributed by atoms with Crippen LogP contribution in [-0.2, 0) is 6.54 Å². The Morgan fingerprint density at radius 1 is 1.44 bits per heavy atom. The fourth-order valence-electron chi connectivity index (χ4n) is 3.14. The molecule has 2 N–H and O–H groups in total. The molecule has 1 amide bonds. The van der Waals surface area contributed by atoms with Crippen LogP contribution in [0.3, 0.4) is 0 Å². The summed E-state index contributed by atoms with van der Waals surface area (Å²) in [6.07, 6.45) is 5.14. The number of hydrogen-bond donors (Lipinski definition) is 2. The molecule has 0 radical (unpaired) electrons. The van der Waals surface area contributed by atoms with Crippen LogP contribution in [0.1, 0.15) is 73.9 Å². The largest absolute Gasteiger partial charge is 0.467 e. The molecule has 2 heterocycles. The van der Waals surface area contributed by atoms with Crippen LogP contribution < -0.4 is 5.32 Å². The van der Waals surface area contributed by atoms with Crippen molar-refractivity contribution in [2.45, 2.75) is 64.6 Å². The molecule has 3 rings (SSSR count). The Morgan fingerprint density at radius 3 is 2.80 bits per heavy atom. The fourth-order valence-corrected chi connectivity index (χ4v) is 3.14. The first-order chi connectivity index (χ1) is 12.0. The maximum Gasteiger partial charge on any atom is 0.254 e. The van der Waals surface area contributed by atoms with Crippen molar-refractivity contribution in [2.75, 3.05) is 0 Å². The van der Waals surface area contributed by atoms with Gasteiger partial charge in [0.15, 0.2) is 0 Å². The maximum absolute atomic E-state index is 12.7. The first-order valence-electron chi connectivity index (χ1n) is 9.03. The molecule has 1 aliphatic rings. The molecule has 1 fully saturated rings. The number of rotatable bonds is 8. The Hall–Kier alpha value is -2.08. The van der Waals surface area contributed by atoms with E-state index in [-0.39, 0.29) is 11.9 Å². The minimum Gasteiger partial charge on any atom is -0.467 e. The smallest absolute Gasteiger partial charge is 0.254 e. The van der Waals surface area contributed by atoms with Gasteiger partial charge in [0.25, 0.3) is 5.91 Å². The average molecular weight is 345 g/mol. The maximum atomic E-state index is 12.7. The summed E-state index contributed by atoms with van der Waals surface area (Å²) in [5.41, 5.74) is 1.73. The van der Waals surface area contributed by atoms with Gasteiger partial charge in [0, 0.05) is 24.9 Å². The monoisotopic (exact) mass is 345 g/mol. The fraction of sp³-hybridized carbons (Fsp3) is 0.579. The van der Waals surface area contributed by atoms with Gasteiger partial charge in [-0.3, -0.25) is 9.48 Å². The van der Waals surface area contributed by atoms with Crippen molar-refractivity contribution in [3.63, 3.8) is 0 Å². The van der Waals surface area contributed by atoms with Crippen molar-refractivity contribution < 1.29 is 14.3 Å². The number of nitrogens with one attached hydrogen (secondary N) is 1. The Labute approximate surface area is 148 Å². The van der Waals surface area contributed by atoms with Crippen LogP contribution in [0.2, 0.25) is 0 Å². The van der Waals surface area contributed by atoms with E-state index in [0.717, 1.165) is 25.1 Å². The molecule has 136 valence electrons. The minimum absolute atomic E-state index is 0.115. The van der Waals surface area contributed by atoms with Crippen molar-refractivity contribution in [2.24, 2.45) is 5.92 Å². The van der Waals surface area contributed by atoms with E-state index in [4.69, 9.17) is 4.42 Å². The van der Waals surface area contributed by atoms with Gasteiger partial charge in [0.05, 0.1) is 23.7 Å². The van der Waals surface area contributed by atoms with E-state index in [2.05, 4.69) is 24.3 Å². The molecule has 2 aromatic heterocycles. The summed E-state index contributed by atoms with van der Waals surface area (Å²) in [6, 6.07) is 3.31. The van der Waals surface area contributed by atoms with Gasteiger partial charge in [-0.1, -0.05) is 13.8 Å². The number of aliphatic hydroxyl groups excluding tert-OH is 1. The van der Waals surface area contributed by atoms with Gasteiger partial charge >= 0.3 is 0 Å². The highest BCUT2D eigenvalue weighted by atomic mass is 16.4. The lowest BCUT2D eigenvalue weighted by molar-refractivity contribution is 0.0902. The topological polar surface area (TPSA) is 80.3 Å². The number of carbonyl (C=O) groups is 1. The molecule has 6 nitrogen and oxygen atoms in total. The third-order valence-electron chi connectivity index (χ3n) is 4.45. The highest BCUT2D eigenvalue weighted by Gasteiger charge is 2.32. The van der Waals surface area contributed by atoms with Gasteiger partial charge in [-0.2, -0.15) is 5.10 Å². The molecule has 25 heavy (non-hydrogen) atoms. The van der Waals surface area contributed by atoms with E-state index >= 15 is 0 Å². The Balaban J connectivity index is 1.65. The second-order valence-electron chi connectivity index (χ2n) is 7.44. The highest BCUT2D eigenvalue weighted by molar-refractivity contribution is 5.95. The van der Waals surface area contributed by atoms with Crippen LogP contribution in [0.25, 0.3) is 0 Å². The second-order valence-corrected chi connectivity index (χ2v) is 7.44. The minimum atomic E-state index is -0.725. The first-order valence-corrected chi connectivity index (χ1v) is 9.03. The summed E-state index contributed by atoms with van der Waals surface area (Å²) in [7, 11) is 0. The summed E-state index contributed by atoms with van der Waals surface area (Å²) >= 11 is 0. The number of amides is 1. The average Bonchev–Trinajstić information content (AvgIpc) is 3.07. The molecule has 1 saturated carbocycles. The standard InChI is InChI=1S/C19H27N3O3/c1-12(2)11-22-18(14-6-7-14)15(10-20-22)19(24)21-13(3)9-16(23)17-5-4-8-25-17/h4-5,8,10,12-14,16,23H,6-7,9,11H2,1-3H3,(H,21,24). The SMILES string of the molecule is CC(C)Cn1ncc(C(=O)NC(C)CC(O)c2ccco2)c1C1CC1.